The largest absolute Gasteiger partial charge is 0.412 e. The number of benzene rings is 1. The molecule has 198 valence electrons. The van der Waals surface area contributed by atoms with Gasteiger partial charge in [-0.25, -0.2) is 9.97 Å². The maximum Gasteiger partial charge on any atom is 0.293 e. The van der Waals surface area contributed by atoms with Gasteiger partial charge in [-0.3, -0.25) is 9.59 Å². The van der Waals surface area contributed by atoms with Crippen LogP contribution in [0.5, 0.6) is 0 Å². The third-order valence-corrected chi connectivity index (χ3v) is 7.30. The summed E-state index contributed by atoms with van der Waals surface area (Å²) in [5.41, 5.74) is 7.59. The highest BCUT2D eigenvalue weighted by atomic mass is 35.5. The van der Waals surface area contributed by atoms with Crippen LogP contribution in [0, 0.1) is 0 Å². The zero-order chi connectivity index (χ0) is 27.0. The summed E-state index contributed by atoms with van der Waals surface area (Å²) in [6, 6.07) is 8.22. The van der Waals surface area contributed by atoms with Gasteiger partial charge in [0.2, 0.25) is 0 Å². The summed E-state index contributed by atoms with van der Waals surface area (Å²) in [6.07, 6.45) is 4.15. The molecule has 0 bridgehead atoms. The molecule has 1 amide bonds. The fraction of sp³-hybridized carbons (Fsp3) is 0.308. The maximum absolute atomic E-state index is 13.4. The summed E-state index contributed by atoms with van der Waals surface area (Å²) in [5.74, 6) is 0.179. The van der Waals surface area contributed by atoms with Crippen LogP contribution in [-0.2, 0) is 7.05 Å². The topological polar surface area (TPSA) is 120 Å². The van der Waals surface area contributed by atoms with Gasteiger partial charge in [0, 0.05) is 37.5 Å². The normalized spacial score (nSPS) is 13.8. The number of carbonyl (C=O) groups excluding carboxylic acids is 1. The van der Waals surface area contributed by atoms with Crippen molar-refractivity contribution in [2.45, 2.75) is 12.8 Å². The van der Waals surface area contributed by atoms with E-state index in [1.165, 1.54) is 20.0 Å². The number of nitrogens with one attached hydrogen (secondary N) is 1. The average molecular weight is 556 g/mol. The summed E-state index contributed by atoms with van der Waals surface area (Å²) in [5, 5.41) is 3.98. The van der Waals surface area contributed by atoms with Crippen LogP contribution in [0.4, 0.5) is 5.82 Å². The summed E-state index contributed by atoms with van der Waals surface area (Å²) in [6.45, 7) is 3.54. The number of hydrogen-bond acceptors (Lipinski definition) is 7. The molecular formula is C26H27Cl2N7O3. The Kier molecular flexibility index (Phi) is 7.29. The van der Waals surface area contributed by atoms with Crippen molar-refractivity contribution in [2.24, 2.45) is 7.05 Å². The van der Waals surface area contributed by atoms with Gasteiger partial charge in [0.05, 0.1) is 21.0 Å². The van der Waals surface area contributed by atoms with Gasteiger partial charge in [0.25, 0.3) is 11.5 Å². The number of nitrogens with zero attached hydrogens (tertiary/aromatic N) is 5. The number of nitrogen functional groups attached to an aromatic ring is 1. The van der Waals surface area contributed by atoms with E-state index in [1.807, 2.05) is 0 Å². The molecule has 0 aliphatic carbocycles. The Morgan fingerprint density at radius 1 is 1.16 bits per heavy atom. The SMILES string of the molecule is COn1c(=O)c(-c2c(Cl)cccc2Cl)cc2c(N)nc(-c3cc(C(=O)NCCN4CCCC4)n(C)c3)nc21. The Morgan fingerprint density at radius 3 is 2.55 bits per heavy atom. The van der Waals surface area contributed by atoms with E-state index in [0.29, 0.717) is 38.8 Å². The fourth-order valence-corrected chi connectivity index (χ4v) is 5.35. The van der Waals surface area contributed by atoms with E-state index in [1.54, 1.807) is 48.1 Å². The van der Waals surface area contributed by atoms with Gasteiger partial charge >= 0.3 is 0 Å². The van der Waals surface area contributed by atoms with Crippen molar-refractivity contribution in [3.05, 3.63) is 62.6 Å². The minimum Gasteiger partial charge on any atom is -0.412 e. The van der Waals surface area contributed by atoms with Crippen LogP contribution in [0.3, 0.4) is 0 Å². The molecule has 3 aromatic heterocycles. The number of aryl methyl sites for hydroxylation is 1. The quantitative estimate of drug-likeness (QED) is 0.359. The van der Waals surface area contributed by atoms with Gasteiger partial charge in [-0.2, -0.15) is 0 Å². The molecule has 5 rings (SSSR count). The Bertz CT molecular complexity index is 1570. The van der Waals surface area contributed by atoms with E-state index in [9.17, 15) is 9.59 Å². The molecule has 10 nitrogen and oxygen atoms in total. The van der Waals surface area contributed by atoms with E-state index in [2.05, 4.69) is 20.2 Å². The highest BCUT2D eigenvalue weighted by Crippen LogP contribution is 2.35. The Hall–Kier alpha value is -3.60. The summed E-state index contributed by atoms with van der Waals surface area (Å²) in [4.78, 5) is 43.0. The third-order valence-electron chi connectivity index (χ3n) is 6.67. The monoisotopic (exact) mass is 555 g/mol. The number of anilines is 1. The molecule has 12 heteroatoms. The number of nitrogens with two attached hydrogens (primary N) is 1. The highest BCUT2D eigenvalue weighted by molar-refractivity contribution is 6.39. The van der Waals surface area contributed by atoms with Gasteiger partial charge < -0.3 is 25.4 Å². The molecule has 1 aliphatic rings. The minimum atomic E-state index is -0.509. The van der Waals surface area contributed by atoms with Crippen molar-refractivity contribution < 1.29 is 9.63 Å². The number of aromatic nitrogens is 4. The standard InChI is InChI=1S/C26H27Cl2N7O3/c1-33-14-15(12-20(33)25(36)30-8-11-34-9-3-4-10-34)23-31-22(29)17-13-16(21-18(27)6-5-7-19(21)28)26(37)35(38-2)24(17)32-23/h5-7,12-14H,3-4,8-11H2,1-2H3,(H,30,36)(H2,29,31,32). The number of likely N-dealkylation sites (tertiary alicyclic amines) is 1. The molecule has 0 unspecified atom stereocenters. The predicted molar refractivity (Wildman–Crippen MR) is 149 cm³/mol. The highest BCUT2D eigenvalue weighted by Gasteiger charge is 2.21. The summed E-state index contributed by atoms with van der Waals surface area (Å²) in [7, 11) is 3.12. The van der Waals surface area contributed by atoms with Crippen molar-refractivity contribution in [1.29, 1.82) is 0 Å². The van der Waals surface area contributed by atoms with Crippen molar-refractivity contribution in [3.63, 3.8) is 0 Å². The van der Waals surface area contributed by atoms with Gasteiger partial charge in [-0.05, 0) is 50.2 Å². The van der Waals surface area contributed by atoms with E-state index >= 15 is 0 Å². The second-order valence-electron chi connectivity index (χ2n) is 9.14. The van der Waals surface area contributed by atoms with Crippen molar-refractivity contribution in [2.75, 3.05) is 39.0 Å². The second-order valence-corrected chi connectivity index (χ2v) is 9.95. The van der Waals surface area contributed by atoms with Crippen LogP contribution in [0.1, 0.15) is 23.3 Å². The Morgan fingerprint density at radius 2 is 1.87 bits per heavy atom. The average Bonchev–Trinajstić information content (AvgIpc) is 3.54. The molecule has 38 heavy (non-hydrogen) atoms. The number of fused-ring (bicyclic) bond motifs is 1. The van der Waals surface area contributed by atoms with Gasteiger partial charge in [-0.1, -0.05) is 29.3 Å². The van der Waals surface area contributed by atoms with Gasteiger partial charge in [-0.15, -0.1) is 4.73 Å². The fourth-order valence-electron chi connectivity index (χ4n) is 4.75. The van der Waals surface area contributed by atoms with E-state index in [4.69, 9.17) is 33.8 Å². The van der Waals surface area contributed by atoms with Crippen LogP contribution in [-0.4, -0.2) is 63.4 Å². The lowest BCUT2D eigenvalue weighted by Gasteiger charge is -2.14. The molecule has 1 fully saturated rings. The predicted octanol–water partition coefficient (Wildman–Crippen LogP) is 3.24. The maximum atomic E-state index is 13.4. The Labute approximate surface area is 228 Å². The molecule has 0 saturated carbocycles. The first-order valence-corrected chi connectivity index (χ1v) is 12.9. The van der Waals surface area contributed by atoms with Crippen LogP contribution in [0.2, 0.25) is 10.0 Å². The molecule has 1 saturated heterocycles. The van der Waals surface area contributed by atoms with Crippen molar-refractivity contribution in [3.8, 4) is 22.5 Å². The molecule has 1 aromatic carbocycles. The zero-order valence-electron chi connectivity index (χ0n) is 21.0. The van der Waals surface area contributed by atoms with Crippen molar-refractivity contribution >= 4 is 46.0 Å². The lowest BCUT2D eigenvalue weighted by molar-refractivity contribution is 0.0941. The number of amides is 1. The first-order chi connectivity index (χ1) is 18.3. The molecule has 4 heterocycles. The molecule has 1 aliphatic heterocycles. The molecule has 4 aromatic rings. The minimum absolute atomic E-state index is 0.126. The second kappa shape index (κ2) is 10.6. The number of halogens is 2. The van der Waals surface area contributed by atoms with Crippen molar-refractivity contribution in [1.82, 2.24) is 29.5 Å². The molecule has 0 spiro atoms. The smallest absolute Gasteiger partial charge is 0.293 e. The zero-order valence-corrected chi connectivity index (χ0v) is 22.5. The summed E-state index contributed by atoms with van der Waals surface area (Å²) < 4.78 is 2.73. The molecule has 0 radical (unpaired) electrons. The number of rotatable bonds is 7. The van der Waals surface area contributed by atoms with E-state index < -0.39 is 5.56 Å². The lowest BCUT2D eigenvalue weighted by atomic mass is 10.1. The lowest BCUT2D eigenvalue weighted by Crippen LogP contribution is -2.34. The summed E-state index contributed by atoms with van der Waals surface area (Å²) >= 11 is 12.7. The first-order valence-electron chi connectivity index (χ1n) is 12.2. The van der Waals surface area contributed by atoms with Crippen LogP contribution < -0.4 is 21.4 Å². The Balaban J connectivity index is 1.51. The number of pyridine rings is 1. The van der Waals surface area contributed by atoms with E-state index in [-0.39, 0.29) is 28.8 Å². The van der Waals surface area contributed by atoms with Gasteiger partial charge in [0.1, 0.15) is 18.6 Å². The molecular weight excluding hydrogens is 529 g/mol. The molecule has 0 atom stereocenters. The first kappa shape index (κ1) is 26.0. The third kappa shape index (κ3) is 4.82. The van der Waals surface area contributed by atoms with Crippen LogP contribution >= 0.6 is 23.2 Å². The number of hydrogen-bond donors (Lipinski definition) is 2. The van der Waals surface area contributed by atoms with E-state index in [0.717, 1.165) is 24.4 Å². The van der Waals surface area contributed by atoms with Crippen LogP contribution in [0.15, 0.2) is 41.3 Å². The van der Waals surface area contributed by atoms with Crippen LogP contribution in [0.25, 0.3) is 33.5 Å². The molecule has 3 N–H and O–H groups in total. The number of carbonyl (C=O) groups is 1. The van der Waals surface area contributed by atoms with Gasteiger partial charge in [0.15, 0.2) is 11.5 Å².